The molecule has 0 bridgehead atoms. The number of fused-ring (bicyclic) bond motifs is 1. The summed E-state index contributed by atoms with van der Waals surface area (Å²) in [5, 5.41) is 6.71. The third kappa shape index (κ3) is 4.76. The summed E-state index contributed by atoms with van der Waals surface area (Å²) >= 11 is 12.2. The molecule has 0 unspecified atom stereocenters. The van der Waals surface area contributed by atoms with Crippen LogP contribution in [-0.2, 0) is 9.59 Å². The molecule has 172 valence electrons. The number of nitrogens with one attached hydrogen (secondary N) is 3. The summed E-state index contributed by atoms with van der Waals surface area (Å²) < 4.78 is 1.26. The Kier molecular flexibility index (Phi) is 6.58. The van der Waals surface area contributed by atoms with E-state index in [4.69, 9.17) is 23.2 Å². The van der Waals surface area contributed by atoms with Gasteiger partial charge in [-0.3, -0.25) is 19.8 Å². The minimum absolute atomic E-state index is 0.122. The van der Waals surface area contributed by atoms with Gasteiger partial charge in [0.05, 0.1) is 16.2 Å². The number of aryl methyl sites for hydroxylation is 1. The van der Waals surface area contributed by atoms with E-state index in [2.05, 4.69) is 16.1 Å². The Bertz CT molecular complexity index is 1450. The zero-order chi connectivity index (χ0) is 24.4. The van der Waals surface area contributed by atoms with Crippen LogP contribution in [0.15, 0.2) is 66.7 Å². The number of hydrogen-bond donors (Lipinski definition) is 3. The lowest BCUT2D eigenvalue weighted by Gasteiger charge is -2.14. The van der Waals surface area contributed by atoms with Crippen LogP contribution in [0.5, 0.6) is 0 Å². The van der Waals surface area contributed by atoms with Gasteiger partial charge in [-0.2, -0.15) is 0 Å². The highest BCUT2D eigenvalue weighted by Crippen LogP contribution is 2.25. The number of amides is 3. The Morgan fingerprint density at radius 1 is 0.794 bits per heavy atom. The maximum Gasteiger partial charge on any atom is 0.328 e. The number of carbonyl (C=O) groups excluding carboxylic acids is 3. The zero-order valence-electron chi connectivity index (χ0n) is 18.3. The molecule has 3 amide bonds. The highest BCUT2D eigenvalue weighted by Gasteiger charge is 2.22. The quantitative estimate of drug-likeness (QED) is 0.326. The van der Waals surface area contributed by atoms with Gasteiger partial charge in [0.15, 0.2) is 0 Å². The van der Waals surface area contributed by atoms with Crippen molar-refractivity contribution in [2.24, 2.45) is 0 Å². The first kappa shape index (κ1) is 23.4. The van der Waals surface area contributed by atoms with Crippen molar-refractivity contribution in [1.82, 2.24) is 4.68 Å². The summed E-state index contributed by atoms with van der Waals surface area (Å²) in [6.07, 6.45) is 0. The van der Waals surface area contributed by atoms with Gasteiger partial charge < -0.3 is 10.6 Å². The van der Waals surface area contributed by atoms with E-state index in [-0.39, 0.29) is 5.69 Å². The molecule has 0 aliphatic heterocycles. The molecule has 0 aliphatic carbocycles. The Morgan fingerprint density at radius 2 is 1.53 bits per heavy atom. The predicted molar refractivity (Wildman–Crippen MR) is 135 cm³/mol. The van der Waals surface area contributed by atoms with E-state index in [1.807, 2.05) is 26.0 Å². The topological polar surface area (TPSA) is 92.2 Å². The summed E-state index contributed by atoms with van der Waals surface area (Å²) in [5.41, 5.74) is 6.00. The second-order valence-electron chi connectivity index (χ2n) is 7.64. The number of benzene rings is 3. The van der Waals surface area contributed by atoms with Gasteiger partial charge in [-0.05, 0) is 67.4 Å². The Labute approximate surface area is 205 Å². The van der Waals surface area contributed by atoms with E-state index in [1.165, 1.54) is 4.68 Å². The Balaban J connectivity index is 1.66. The Morgan fingerprint density at radius 3 is 2.29 bits per heavy atom. The lowest BCUT2D eigenvalue weighted by Crippen LogP contribution is -2.36. The molecule has 0 saturated heterocycles. The van der Waals surface area contributed by atoms with Crippen LogP contribution in [0.2, 0.25) is 10.0 Å². The van der Waals surface area contributed by atoms with Crippen molar-refractivity contribution < 1.29 is 14.4 Å². The van der Waals surface area contributed by atoms with Crippen LogP contribution in [-0.4, -0.2) is 22.4 Å². The maximum atomic E-state index is 13.2. The van der Waals surface area contributed by atoms with E-state index >= 15 is 0 Å². The monoisotopic (exact) mass is 494 g/mol. The average Bonchev–Trinajstić information content (AvgIpc) is 3.15. The molecule has 34 heavy (non-hydrogen) atoms. The van der Waals surface area contributed by atoms with Crippen LogP contribution in [0.1, 0.15) is 21.6 Å². The van der Waals surface area contributed by atoms with Crippen molar-refractivity contribution in [3.63, 3.8) is 0 Å². The molecule has 4 aromatic rings. The van der Waals surface area contributed by atoms with E-state index < -0.39 is 17.7 Å². The first-order chi connectivity index (χ1) is 16.2. The van der Waals surface area contributed by atoms with Crippen molar-refractivity contribution in [2.75, 3.05) is 16.1 Å². The van der Waals surface area contributed by atoms with Crippen LogP contribution in [0.4, 0.5) is 11.4 Å². The first-order valence-electron chi connectivity index (χ1n) is 10.3. The van der Waals surface area contributed by atoms with Crippen LogP contribution in [0.25, 0.3) is 10.9 Å². The number of hydrogen-bond acceptors (Lipinski definition) is 3. The van der Waals surface area contributed by atoms with Gasteiger partial charge in [0.25, 0.3) is 5.91 Å². The van der Waals surface area contributed by atoms with Crippen LogP contribution < -0.4 is 16.1 Å². The fourth-order valence-corrected chi connectivity index (χ4v) is 3.80. The summed E-state index contributed by atoms with van der Waals surface area (Å²) in [4.78, 5) is 38.4. The molecule has 0 fully saturated rings. The number of anilines is 2. The van der Waals surface area contributed by atoms with E-state index in [1.54, 1.807) is 54.6 Å². The van der Waals surface area contributed by atoms with Crippen molar-refractivity contribution in [3.8, 4) is 0 Å². The lowest BCUT2D eigenvalue weighted by molar-refractivity contribution is -0.133. The number of halogens is 2. The standard InChI is InChI=1S/C25H20Cl2N4O3/c1-14-6-5-9-19(15(14)2)28-23(32)22-13-16-12-17(26)10-11-21(16)31(22)30-25(34)24(33)29-20-8-4-3-7-18(20)27/h3-13H,1-2H3,(H,28,32)(H,29,33)(H,30,34). The molecular formula is C25H20Cl2N4O3. The summed E-state index contributed by atoms with van der Waals surface area (Å²) in [6, 6.07) is 18.7. The number of aromatic nitrogens is 1. The smallest absolute Gasteiger partial charge is 0.320 e. The van der Waals surface area contributed by atoms with Crippen molar-refractivity contribution in [2.45, 2.75) is 13.8 Å². The van der Waals surface area contributed by atoms with Gasteiger partial charge in [0.2, 0.25) is 0 Å². The molecule has 1 aromatic heterocycles. The third-order valence-corrected chi connectivity index (χ3v) is 5.96. The van der Waals surface area contributed by atoms with E-state index in [0.29, 0.717) is 32.3 Å². The van der Waals surface area contributed by atoms with Crippen LogP contribution >= 0.6 is 23.2 Å². The minimum Gasteiger partial charge on any atom is -0.320 e. The number of para-hydroxylation sites is 1. The van der Waals surface area contributed by atoms with Gasteiger partial charge in [-0.25, -0.2) is 4.68 Å². The van der Waals surface area contributed by atoms with Gasteiger partial charge in [0, 0.05) is 16.1 Å². The molecule has 3 aromatic carbocycles. The predicted octanol–water partition coefficient (Wildman–Crippen LogP) is 5.53. The molecule has 9 heteroatoms. The largest absolute Gasteiger partial charge is 0.328 e. The van der Waals surface area contributed by atoms with Crippen LogP contribution in [0.3, 0.4) is 0 Å². The molecule has 7 nitrogen and oxygen atoms in total. The second-order valence-corrected chi connectivity index (χ2v) is 8.49. The number of nitrogens with zero attached hydrogens (tertiary/aromatic N) is 1. The summed E-state index contributed by atoms with van der Waals surface area (Å²) in [5.74, 6) is -2.38. The summed E-state index contributed by atoms with van der Waals surface area (Å²) in [7, 11) is 0. The van der Waals surface area contributed by atoms with Gasteiger partial charge in [-0.1, -0.05) is 47.5 Å². The fourth-order valence-electron chi connectivity index (χ4n) is 3.44. The fraction of sp³-hybridized carbons (Fsp3) is 0.0800. The molecule has 0 atom stereocenters. The average molecular weight is 495 g/mol. The highest BCUT2D eigenvalue weighted by molar-refractivity contribution is 6.44. The van der Waals surface area contributed by atoms with Crippen LogP contribution in [0, 0.1) is 13.8 Å². The molecule has 3 N–H and O–H groups in total. The second kappa shape index (κ2) is 9.59. The zero-order valence-corrected chi connectivity index (χ0v) is 19.8. The number of carbonyl (C=O) groups is 3. The molecule has 0 spiro atoms. The molecular weight excluding hydrogens is 475 g/mol. The maximum absolute atomic E-state index is 13.2. The molecule has 4 rings (SSSR count). The summed E-state index contributed by atoms with van der Waals surface area (Å²) in [6.45, 7) is 3.85. The number of rotatable bonds is 4. The normalized spacial score (nSPS) is 10.7. The Hall–Kier alpha value is -3.81. The van der Waals surface area contributed by atoms with Crippen molar-refractivity contribution in [1.29, 1.82) is 0 Å². The molecule has 0 saturated carbocycles. The van der Waals surface area contributed by atoms with E-state index in [0.717, 1.165) is 11.1 Å². The highest BCUT2D eigenvalue weighted by atomic mass is 35.5. The third-order valence-electron chi connectivity index (χ3n) is 5.39. The van der Waals surface area contributed by atoms with Gasteiger partial charge in [0.1, 0.15) is 5.69 Å². The first-order valence-corrected chi connectivity index (χ1v) is 11.1. The van der Waals surface area contributed by atoms with Gasteiger partial charge in [-0.15, -0.1) is 0 Å². The van der Waals surface area contributed by atoms with Gasteiger partial charge >= 0.3 is 11.8 Å². The van der Waals surface area contributed by atoms with E-state index in [9.17, 15) is 14.4 Å². The molecule has 0 aliphatic rings. The SMILES string of the molecule is Cc1cccc(NC(=O)c2cc3cc(Cl)ccc3n2NC(=O)C(=O)Nc2ccccc2Cl)c1C. The van der Waals surface area contributed by atoms with Crippen molar-refractivity contribution >= 4 is 63.2 Å². The molecule has 0 radical (unpaired) electrons. The minimum atomic E-state index is -0.979. The lowest BCUT2D eigenvalue weighted by atomic mass is 10.1. The molecule has 1 heterocycles. The van der Waals surface area contributed by atoms with Crippen molar-refractivity contribution in [3.05, 3.63) is 93.6 Å².